The van der Waals surface area contributed by atoms with Crippen molar-refractivity contribution in [2.75, 3.05) is 25.1 Å². The minimum atomic E-state index is -0.832. The van der Waals surface area contributed by atoms with Crippen molar-refractivity contribution in [3.05, 3.63) is 0 Å². The van der Waals surface area contributed by atoms with E-state index in [1.165, 1.54) is 0 Å². The second-order valence-corrected chi connectivity index (χ2v) is 6.11. The Morgan fingerprint density at radius 1 is 1.27 bits per heavy atom. The van der Waals surface area contributed by atoms with Crippen LogP contribution in [0.3, 0.4) is 0 Å². The van der Waals surface area contributed by atoms with Crippen LogP contribution in [0, 0.1) is 0 Å². The third-order valence-corrected chi connectivity index (χ3v) is 2.50. The molecule has 0 aromatic carbocycles. The summed E-state index contributed by atoms with van der Waals surface area (Å²) in [5.41, 5.74) is 0.0468. The van der Waals surface area contributed by atoms with Crippen LogP contribution >= 0.6 is 0 Å². The van der Waals surface area contributed by atoms with E-state index in [1.807, 2.05) is 0 Å². The first-order chi connectivity index (χ1) is 6.81. The number of amides is 1. The van der Waals surface area contributed by atoms with Gasteiger partial charge in [-0.25, -0.2) is 0 Å². The summed E-state index contributed by atoms with van der Waals surface area (Å²) in [6, 6.07) is 0. The predicted molar refractivity (Wildman–Crippen MR) is 64.3 cm³/mol. The molecule has 0 saturated carbocycles. The zero-order valence-electron chi connectivity index (χ0n) is 10.1. The van der Waals surface area contributed by atoms with Crippen LogP contribution in [0.15, 0.2) is 0 Å². The molecule has 1 amide bonds. The molecule has 0 fully saturated rings. The Kier molecular flexibility index (Phi) is 6.76. The highest BCUT2D eigenvalue weighted by Crippen LogP contribution is 1.97. The van der Waals surface area contributed by atoms with E-state index in [0.29, 0.717) is 25.3 Å². The summed E-state index contributed by atoms with van der Waals surface area (Å²) in [7, 11) is -0.832. The Bertz CT molecular complexity index is 224. The molecule has 0 radical (unpaired) electrons. The lowest BCUT2D eigenvalue weighted by atomic mass is 10.1. The molecule has 1 atom stereocenters. The molecule has 0 aliphatic heterocycles. The molecular weight excluding hydrogens is 212 g/mol. The molecule has 0 bridgehead atoms. The average molecular weight is 234 g/mol. The van der Waals surface area contributed by atoms with E-state index >= 15 is 0 Å². The molecule has 1 unspecified atom stereocenters. The normalized spacial score (nSPS) is 13.6. The van der Waals surface area contributed by atoms with Crippen LogP contribution < -0.4 is 10.6 Å². The van der Waals surface area contributed by atoms with Crippen molar-refractivity contribution in [1.82, 2.24) is 10.6 Å². The summed E-state index contributed by atoms with van der Waals surface area (Å²) in [5.74, 6) is 0.538. The van der Waals surface area contributed by atoms with Crippen LogP contribution in [0.5, 0.6) is 0 Å². The van der Waals surface area contributed by atoms with E-state index in [0.717, 1.165) is 0 Å². The van der Waals surface area contributed by atoms with E-state index in [-0.39, 0.29) is 11.4 Å². The number of hydrogen-bond donors (Lipinski definition) is 2. The molecule has 0 heterocycles. The minimum absolute atomic E-state index is 0.0113. The van der Waals surface area contributed by atoms with Gasteiger partial charge in [0, 0.05) is 47.9 Å². The molecule has 0 saturated heterocycles. The van der Waals surface area contributed by atoms with Crippen molar-refractivity contribution in [2.45, 2.75) is 32.7 Å². The van der Waals surface area contributed by atoms with Crippen LogP contribution in [0.4, 0.5) is 0 Å². The standard InChI is InChI=1S/C10H22N2O2S/c1-10(2,3)12-6-5-9(13)11-7-8-15(4)14/h12H,5-8H2,1-4H3,(H,11,13). The largest absolute Gasteiger partial charge is 0.355 e. The maximum atomic E-state index is 11.3. The highest BCUT2D eigenvalue weighted by atomic mass is 32.2. The van der Waals surface area contributed by atoms with Gasteiger partial charge in [0.25, 0.3) is 0 Å². The van der Waals surface area contributed by atoms with Gasteiger partial charge in [0.15, 0.2) is 0 Å². The highest BCUT2D eigenvalue weighted by molar-refractivity contribution is 7.84. The zero-order chi connectivity index (χ0) is 11.9. The van der Waals surface area contributed by atoms with Crippen molar-refractivity contribution in [2.24, 2.45) is 0 Å². The Morgan fingerprint density at radius 3 is 2.33 bits per heavy atom. The fourth-order valence-electron chi connectivity index (χ4n) is 0.974. The number of carbonyl (C=O) groups excluding carboxylic acids is 1. The van der Waals surface area contributed by atoms with Gasteiger partial charge in [-0.05, 0) is 20.8 Å². The highest BCUT2D eigenvalue weighted by Gasteiger charge is 2.09. The van der Waals surface area contributed by atoms with Crippen LogP contribution in [-0.4, -0.2) is 40.8 Å². The number of carbonyl (C=O) groups is 1. The Balaban J connectivity index is 3.46. The van der Waals surface area contributed by atoms with Crippen molar-refractivity contribution >= 4 is 16.7 Å². The number of hydrogen-bond acceptors (Lipinski definition) is 3. The maximum absolute atomic E-state index is 11.3. The molecule has 0 rings (SSSR count). The third-order valence-electron chi connectivity index (χ3n) is 1.72. The summed E-state index contributed by atoms with van der Waals surface area (Å²) in [5, 5.41) is 5.96. The topological polar surface area (TPSA) is 58.2 Å². The molecule has 0 aliphatic rings. The van der Waals surface area contributed by atoms with Crippen LogP contribution in [0.25, 0.3) is 0 Å². The maximum Gasteiger partial charge on any atom is 0.221 e. The molecule has 4 nitrogen and oxygen atoms in total. The second kappa shape index (κ2) is 6.95. The predicted octanol–water partition coefficient (Wildman–Crippen LogP) is 0.259. The summed E-state index contributed by atoms with van der Waals surface area (Å²) >= 11 is 0. The van der Waals surface area contributed by atoms with Gasteiger partial charge in [0.05, 0.1) is 0 Å². The summed E-state index contributed by atoms with van der Waals surface area (Å²) in [4.78, 5) is 11.3. The van der Waals surface area contributed by atoms with Crippen molar-refractivity contribution in [3.63, 3.8) is 0 Å². The van der Waals surface area contributed by atoms with Gasteiger partial charge in [0.1, 0.15) is 0 Å². The Hall–Kier alpha value is -0.420. The summed E-state index contributed by atoms with van der Waals surface area (Å²) < 4.78 is 10.7. The SMILES string of the molecule is CS(=O)CCNC(=O)CCNC(C)(C)C. The van der Waals surface area contributed by atoms with Crippen molar-refractivity contribution in [3.8, 4) is 0 Å². The molecule has 90 valence electrons. The van der Waals surface area contributed by atoms with Crippen LogP contribution in [-0.2, 0) is 15.6 Å². The fraction of sp³-hybridized carbons (Fsp3) is 0.900. The van der Waals surface area contributed by atoms with Gasteiger partial charge in [-0.2, -0.15) is 0 Å². The minimum Gasteiger partial charge on any atom is -0.355 e. The Labute approximate surface area is 94.7 Å². The molecule has 5 heteroatoms. The van der Waals surface area contributed by atoms with Crippen molar-refractivity contribution in [1.29, 1.82) is 0 Å². The summed E-state index contributed by atoms with van der Waals surface area (Å²) in [6.07, 6.45) is 2.10. The van der Waals surface area contributed by atoms with E-state index < -0.39 is 10.8 Å². The molecular formula is C10H22N2O2S. The first-order valence-corrected chi connectivity index (χ1v) is 6.86. The van der Waals surface area contributed by atoms with Gasteiger partial charge >= 0.3 is 0 Å². The average Bonchev–Trinajstić information content (AvgIpc) is 2.00. The third kappa shape index (κ3) is 11.5. The quantitative estimate of drug-likeness (QED) is 0.693. The number of nitrogens with one attached hydrogen (secondary N) is 2. The van der Waals surface area contributed by atoms with Gasteiger partial charge in [-0.1, -0.05) is 0 Å². The number of rotatable bonds is 6. The smallest absolute Gasteiger partial charge is 0.221 e. The molecule has 15 heavy (non-hydrogen) atoms. The second-order valence-electron chi connectivity index (χ2n) is 4.55. The first kappa shape index (κ1) is 14.6. The molecule has 0 aromatic heterocycles. The monoisotopic (exact) mass is 234 g/mol. The lowest BCUT2D eigenvalue weighted by Crippen LogP contribution is -2.38. The molecule has 2 N–H and O–H groups in total. The zero-order valence-corrected chi connectivity index (χ0v) is 10.9. The molecule has 0 spiro atoms. The van der Waals surface area contributed by atoms with Crippen LogP contribution in [0.1, 0.15) is 27.2 Å². The fourth-order valence-corrected chi connectivity index (χ4v) is 1.36. The molecule has 0 aromatic rings. The lowest BCUT2D eigenvalue weighted by molar-refractivity contribution is -0.120. The summed E-state index contributed by atoms with van der Waals surface area (Å²) in [6.45, 7) is 7.35. The van der Waals surface area contributed by atoms with Gasteiger partial charge in [0.2, 0.25) is 5.91 Å². The van der Waals surface area contributed by atoms with Gasteiger partial charge in [-0.15, -0.1) is 0 Å². The van der Waals surface area contributed by atoms with E-state index in [2.05, 4.69) is 31.4 Å². The van der Waals surface area contributed by atoms with Crippen molar-refractivity contribution < 1.29 is 9.00 Å². The lowest BCUT2D eigenvalue weighted by Gasteiger charge is -2.20. The van der Waals surface area contributed by atoms with E-state index in [9.17, 15) is 9.00 Å². The van der Waals surface area contributed by atoms with E-state index in [4.69, 9.17) is 0 Å². The van der Waals surface area contributed by atoms with E-state index in [1.54, 1.807) is 6.26 Å². The Morgan fingerprint density at radius 2 is 1.87 bits per heavy atom. The molecule has 0 aliphatic carbocycles. The van der Waals surface area contributed by atoms with Gasteiger partial charge < -0.3 is 10.6 Å². The first-order valence-electron chi connectivity index (χ1n) is 5.13. The van der Waals surface area contributed by atoms with Crippen LogP contribution in [0.2, 0.25) is 0 Å². The van der Waals surface area contributed by atoms with Gasteiger partial charge in [-0.3, -0.25) is 9.00 Å².